The lowest BCUT2D eigenvalue weighted by Gasteiger charge is -2.11. The van der Waals surface area contributed by atoms with Gasteiger partial charge >= 0.3 is 5.97 Å². The molecule has 0 atom stereocenters. The number of thioether (sulfide) groups is 2. The fraction of sp³-hybridized carbons (Fsp3) is 0.190. The molecule has 0 heterocycles. The molecule has 0 amide bonds. The van der Waals surface area contributed by atoms with Gasteiger partial charge in [0.15, 0.2) is 4.38 Å². The lowest BCUT2D eigenvalue weighted by molar-refractivity contribution is -0.133. The van der Waals surface area contributed by atoms with Crippen molar-refractivity contribution in [3.63, 3.8) is 0 Å². The quantitative estimate of drug-likeness (QED) is 0.162. The first kappa shape index (κ1) is 21.8. The van der Waals surface area contributed by atoms with Gasteiger partial charge in [0, 0.05) is 5.75 Å². The molecule has 0 N–H and O–H groups in total. The van der Waals surface area contributed by atoms with Gasteiger partial charge in [0.05, 0.1) is 26.7 Å². The highest BCUT2D eigenvalue weighted by atomic mass is 32.2. The third kappa shape index (κ3) is 6.58. The van der Waals surface area contributed by atoms with Crippen LogP contribution in [0.4, 0.5) is 0 Å². The maximum absolute atomic E-state index is 12.1. The largest absolute Gasteiger partial charge is 0.503 e. The molecule has 0 aliphatic rings. The molecule has 0 bridgehead atoms. The minimum atomic E-state index is -0.439. The van der Waals surface area contributed by atoms with E-state index in [1.807, 2.05) is 60.9 Å². The van der Waals surface area contributed by atoms with Gasteiger partial charge in [-0.2, -0.15) is 5.10 Å². The van der Waals surface area contributed by atoms with E-state index in [0.717, 1.165) is 21.1 Å². The Morgan fingerprint density at radius 2 is 1.79 bits per heavy atom. The van der Waals surface area contributed by atoms with E-state index in [2.05, 4.69) is 10.2 Å². The van der Waals surface area contributed by atoms with E-state index < -0.39 is 5.97 Å². The van der Waals surface area contributed by atoms with Gasteiger partial charge in [0.25, 0.3) is 0 Å². The van der Waals surface area contributed by atoms with Crippen LogP contribution in [-0.4, -0.2) is 37.0 Å². The zero-order valence-corrected chi connectivity index (χ0v) is 17.6. The molecule has 28 heavy (non-hydrogen) atoms. The molecule has 0 spiro atoms. The first-order valence-corrected chi connectivity index (χ1v) is 10.6. The summed E-state index contributed by atoms with van der Waals surface area (Å²) in [5.74, 6) is 0.194. The summed E-state index contributed by atoms with van der Waals surface area (Å²) < 4.78 is 10.8. The molecule has 0 unspecified atom stereocenters. The molecule has 5 nitrogen and oxygen atoms in total. The lowest BCUT2D eigenvalue weighted by Crippen LogP contribution is -2.06. The summed E-state index contributed by atoms with van der Waals surface area (Å²) in [7, 11) is 2.86. The normalized spacial score (nSPS) is 12.2. The highest BCUT2D eigenvalue weighted by Crippen LogP contribution is 2.27. The van der Waals surface area contributed by atoms with Gasteiger partial charge in [0.2, 0.25) is 0 Å². The third-order valence-electron chi connectivity index (χ3n) is 3.62. The number of nitrogens with zero attached hydrogens (tertiary/aromatic N) is 2. The van der Waals surface area contributed by atoms with Crippen molar-refractivity contribution in [2.75, 3.05) is 20.5 Å². The van der Waals surface area contributed by atoms with Crippen molar-refractivity contribution < 1.29 is 14.3 Å². The van der Waals surface area contributed by atoms with Crippen LogP contribution in [0.1, 0.15) is 16.7 Å². The number of hydrogen-bond donors (Lipinski definition) is 0. The summed E-state index contributed by atoms with van der Waals surface area (Å²) in [4.78, 5) is 12.1. The number of hydrogen-bond acceptors (Lipinski definition) is 7. The van der Waals surface area contributed by atoms with Crippen molar-refractivity contribution in [2.45, 2.75) is 5.75 Å². The lowest BCUT2D eigenvalue weighted by atomic mass is 10.0. The second-order valence-electron chi connectivity index (χ2n) is 5.43. The van der Waals surface area contributed by atoms with Gasteiger partial charge in [-0.3, -0.25) is 0 Å². The second kappa shape index (κ2) is 12.0. The van der Waals surface area contributed by atoms with Gasteiger partial charge in [-0.1, -0.05) is 66.4 Å². The van der Waals surface area contributed by atoms with Gasteiger partial charge in [-0.15, -0.1) is 16.9 Å². The van der Waals surface area contributed by atoms with Crippen LogP contribution < -0.4 is 0 Å². The van der Waals surface area contributed by atoms with Crippen molar-refractivity contribution >= 4 is 45.7 Å². The van der Waals surface area contributed by atoms with Gasteiger partial charge in [0.1, 0.15) is 5.57 Å². The molecule has 0 aliphatic carbocycles. The van der Waals surface area contributed by atoms with Crippen LogP contribution in [0.2, 0.25) is 0 Å². The molecule has 0 aromatic heterocycles. The predicted octanol–water partition coefficient (Wildman–Crippen LogP) is 4.83. The second-order valence-corrected chi connectivity index (χ2v) is 7.45. The number of methoxy groups -OCH3 is 2. The molecule has 2 rings (SSSR count). The molecule has 0 fully saturated rings. The Bertz CT molecular complexity index is 865. The summed E-state index contributed by atoms with van der Waals surface area (Å²) in [6.07, 6.45) is 5.09. The monoisotopic (exact) mass is 414 g/mol. The number of esters is 1. The van der Waals surface area contributed by atoms with Gasteiger partial charge in [-0.05, 0) is 22.9 Å². The van der Waals surface area contributed by atoms with E-state index >= 15 is 0 Å². The van der Waals surface area contributed by atoms with Crippen LogP contribution in [-0.2, 0) is 20.0 Å². The number of benzene rings is 2. The number of ether oxygens (including phenoxy) is 2. The molecular formula is C21H22N2O3S2. The predicted molar refractivity (Wildman–Crippen MR) is 120 cm³/mol. The maximum atomic E-state index is 12.1. The molecule has 146 valence electrons. The molecular weight excluding hydrogens is 392 g/mol. The Morgan fingerprint density at radius 3 is 2.46 bits per heavy atom. The SMILES string of the molecule is COC=C(C(=O)OC)c1ccccc1CSC(=NN=Cc1ccccc1)SC. The minimum Gasteiger partial charge on any atom is -0.503 e. The Labute approximate surface area is 173 Å². The van der Waals surface area contributed by atoms with Gasteiger partial charge < -0.3 is 9.47 Å². The van der Waals surface area contributed by atoms with E-state index in [4.69, 9.17) is 9.47 Å². The summed E-state index contributed by atoms with van der Waals surface area (Å²) in [6, 6.07) is 17.5. The van der Waals surface area contributed by atoms with Crippen LogP contribution >= 0.6 is 23.5 Å². The smallest absolute Gasteiger partial charge is 0.341 e. The van der Waals surface area contributed by atoms with E-state index in [1.165, 1.54) is 32.2 Å². The van der Waals surface area contributed by atoms with Crippen LogP contribution in [0.15, 0.2) is 71.1 Å². The fourth-order valence-corrected chi connectivity index (χ4v) is 3.72. The number of carbonyl (C=O) groups excluding carboxylic acids is 1. The van der Waals surface area contributed by atoms with Crippen molar-refractivity contribution in [3.8, 4) is 0 Å². The number of rotatable bonds is 7. The maximum Gasteiger partial charge on any atom is 0.341 e. The zero-order chi connectivity index (χ0) is 20.2. The molecule has 0 aliphatic heterocycles. The molecule has 2 aromatic carbocycles. The first-order valence-electron chi connectivity index (χ1n) is 8.42. The van der Waals surface area contributed by atoms with Crippen molar-refractivity contribution in [2.24, 2.45) is 10.2 Å². The highest BCUT2D eigenvalue weighted by molar-refractivity contribution is 8.38. The Morgan fingerprint density at radius 1 is 1.07 bits per heavy atom. The summed E-state index contributed by atoms with van der Waals surface area (Å²) in [5, 5.41) is 8.47. The van der Waals surface area contributed by atoms with E-state index in [1.54, 1.807) is 18.0 Å². The summed E-state index contributed by atoms with van der Waals surface area (Å²) >= 11 is 3.09. The number of carbonyl (C=O) groups is 1. The van der Waals surface area contributed by atoms with E-state index in [9.17, 15) is 4.79 Å². The van der Waals surface area contributed by atoms with Crippen LogP contribution in [0, 0.1) is 0 Å². The highest BCUT2D eigenvalue weighted by Gasteiger charge is 2.17. The van der Waals surface area contributed by atoms with Crippen LogP contribution in [0.5, 0.6) is 0 Å². The Balaban J connectivity index is 2.14. The summed E-state index contributed by atoms with van der Waals surface area (Å²) in [5.41, 5.74) is 3.13. The Kier molecular flexibility index (Phi) is 9.37. The zero-order valence-electron chi connectivity index (χ0n) is 16.0. The van der Waals surface area contributed by atoms with Crippen LogP contribution in [0.3, 0.4) is 0 Å². The van der Waals surface area contributed by atoms with Gasteiger partial charge in [-0.25, -0.2) is 4.79 Å². The molecule has 0 saturated carbocycles. The van der Waals surface area contributed by atoms with Crippen LogP contribution in [0.25, 0.3) is 5.57 Å². The third-order valence-corrected chi connectivity index (χ3v) is 5.69. The summed E-state index contributed by atoms with van der Waals surface area (Å²) in [6.45, 7) is 0. The topological polar surface area (TPSA) is 60.2 Å². The standard InChI is InChI=1S/C21H22N2O3S2/c1-25-14-19(20(24)26-2)18-12-8-7-11-17(18)15-28-21(27-3)23-22-13-16-9-5-4-6-10-16/h4-14H,15H2,1-3H3. The molecule has 0 saturated heterocycles. The Hall–Kier alpha value is -2.51. The molecule has 7 heteroatoms. The fourth-order valence-electron chi connectivity index (χ4n) is 2.31. The van der Waals surface area contributed by atoms with Crippen molar-refractivity contribution in [1.82, 2.24) is 0 Å². The first-order chi connectivity index (χ1) is 13.7. The van der Waals surface area contributed by atoms with Crippen molar-refractivity contribution in [1.29, 1.82) is 0 Å². The average Bonchev–Trinajstić information content (AvgIpc) is 2.75. The van der Waals surface area contributed by atoms with E-state index in [-0.39, 0.29) is 0 Å². The van der Waals surface area contributed by atoms with E-state index in [0.29, 0.717) is 11.3 Å². The average molecular weight is 415 g/mol. The van der Waals surface area contributed by atoms with Crippen molar-refractivity contribution in [3.05, 3.63) is 77.5 Å². The molecule has 2 aromatic rings. The molecule has 0 radical (unpaired) electrons. The minimum absolute atomic E-state index is 0.380.